The van der Waals surface area contributed by atoms with E-state index in [4.69, 9.17) is 5.73 Å². The molecule has 0 bridgehead atoms. The second-order valence-electron chi connectivity index (χ2n) is 5.87. The van der Waals surface area contributed by atoms with Gasteiger partial charge in [-0.25, -0.2) is 4.98 Å². The van der Waals surface area contributed by atoms with Crippen LogP contribution in [-0.4, -0.2) is 29.2 Å². The molecule has 1 aromatic carbocycles. The molecule has 0 aliphatic heterocycles. The van der Waals surface area contributed by atoms with Crippen molar-refractivity contribution in [1.82, 2.24) is 9.55 Å². The normalized spacial score (nSPS) is 22.5. The first-order valence-corrected chi connectivity index (χ1v) is 6.94. The topological polar surface area (TPSA) is 47.1 Å². The Bertz CT molecular complexity index is 595. The first-order valence-electron chi connectivity index (χ1n) is 6.94. The number of fused-ring (bicyclic) bond motifs is 1. The lowest BCUT2D eigenvalue weighted by Crippen LogP contribution is -2.41. The van der Waals surface area contributed by atoms with Crippen LogP contribution < -0.4 is 10.6 Å². The first kappa shape index (κ1) is 12.5. The highest BCUT2D eigenvalue weighted by Gasteiger charge is 2.26. The molecule has 0 unspecified atom stereocenters. The van der Waals surface area contributed by atoms with Gasteiger partial charge in [-0.3, -0.25) is 0 Å². The molecule has 1 heterocycles. The first-order chi connectivity index (χ1) is 9.04. The van der Waals surface area contributed by atoms with E-state index in [-0.39, 0.29) is 0 Å². The molecule has 3 rings (SSSR count). The molecule has 1 saturated carbocycles. The van der Waals surface area contributed by atoms with E-state index in [0.717, 1.165) is 36.6 Å². The van der Waals surface area contributed by atoms with Crippen LogP contribution in [0.1, 0.15) is 18.7 Å². The maximum absolute atomic E-state index is 5.85. The Kier molecular flexibility index (Phi) is 2.97. The highest BCUT2D eigenvalue weighted by atomic mass is 15.1. The van der Waals surface area contributed by atoms with E-state index in [1.807, 2.05) is 6.92 Å². The fourth-order valence-electron chi connectivity index (χ4n) is 2.98. The van der Waals surface area contributed by atoms with Gasteiger partial charge < -0.3 is 15.2 Å². The Hall–Kier alpha value is -1.55. The monoisotopic (exact) mass is 258 g/mol. The molecular weight excluding hydrogens is 236 g/mol. The fraction of sp³-hybridized carbons (Fsp3) is 0.533. The smallest absolute Gasteiger partial charge is 0.106 e. The minimum absolute atomic E-state index is 0.430. The predicted molar refractivity (Wildman–Crippen MR) is 79.4 cm³/mol. The van der Waals surface area contributed by atoms with Crippen molar-refractivity contribution in [2.24, 2.45) is 18.7 Å². The van der Waals surface area contributed by atoms with Crippen molar-refractivity contribution >= 4 is 16.7 Å². The number of aromatic nitrogens is 2. The van der Waals surface area contributed by atoms with Crippen molar-refractivity contribution in [3.05, 3.63) is 24.0 Å². The number of hydrogen-bond donors (Lipinski definition) is 1. The Morgan fingerprint density at radius 3 is 2.84 bits per heavy atom. The van der Waals surface area contributed by atoms with Crippen LogP contribution in [-0.2, 0) is 7.05 Å². The third kappa shape index (κ3) is 2.21. The van der Waals surface area contributed by atoms with Gasteiger partial charge in [-0.05, 0) is 43.9 Å². The Balaban J connectivity index is 1.80. The number of nitrogens with zero attached hydrogens (tertiary/aromatic N) is 3. The van der Waals surface area contributed by atoms with E-state index in [0.29, 0.717) is 6.04 Å². The number of benzene rings is 1. The Morgan fingerprint density at radius 2 is 2.16 bits per heavy atom. The van der Waals surface area contributed by atoms with Crippen molar-refractivity contribution < 1.29 is 0 Å². The molecule has 1 aromatic heterocycles. The average Bonchev–Trinajstić information content (AvgIpc) is 2.62. The van der Waals surface area contributed by atoms with E-state index in [9.17, 15) is 0 Å². The number of imidazole rings is 1. The summed E-state index contributed by atoms with van der Waals surface area (Å²) in [6.07, 6.45) is 2.32. The summed E-state index contributed by atoms with van der Waals surface area (Å²) in [6.45, 7) is 3.13. The second kappa shape index (κ2) is 4.53. The Labute approximate surface area is 114 Å². The van der Waals surface area contributed by atoms with Crippen molar-refractivity contribution in [2.45, 2.75) is 25.8 Å². The van der Waals surface area contributed by atoms with E-state index in [2.05, 4.69) is 46.7 Å². The summed E-state index contributed by atoms with van der Waals surface area (Å²) in [5, 5.41) is 0. The van der Waals surface area contributed by atoms with Crippen LogP contribution in [0.15, 0.2) is 18.2 Å². The predicted octanol–water partition coefficient (Wildman–Crippen LogP) is 2.06. The largest absolute Gasteiger partial charge is 0.374 e. The van der Waals surface area contributed by atoms with Crippen molar-refractivity contribution in [3.63, 3.8) is 0 Å². The minimum atomic E-state index is 0.430. The molecule has 4 heteroatoms. The Morgan fingerprint density at radius 1 is 1.42 bits per heavy atom. The van der Waals surface area contributed by atoms with Gasteiger partial charge >= 0.3 is 0 Å². The summed E-state index contributed by atoms with van der Waals surface area (Å²) in [6, 6.07) is 6.95. The van der Waals surface area contributed by atoms with Gasteiger partial charge in [0.1, 0.15) is 5.82 Å². The van der Waals surface area contributed by atoms with Gasteiger partial charge in [0.15, 0.2) is 0 Å². The van der Waals surface area contributed by atoms with Crippen molar-refractivity contribution in [3.8, 4) is 0 Å². The summed E-state index contributed by atoms with van der Waals surface area (Å²) in [7, 11) is 4.21. The quantitative estimate of drug-likeness (QED) is 0.916. The SMILES string of the molecule is Cc1nc2cc(N(C)CC3CC(N)C3)ccc2n1C. The van der Waals surface area contributed by atoms with E-state index in [1.165, 1.54) is 11.2 Å². The summed E-state index contributed by atoms with van der Waals surface area (Å²) in [5.41, 5.74) is 9.36. The maximum Gasteiger partial charge on any atom is 0.106 e. The van der Waals surface area contributed by atoms with Gasteiger partial charge in [0, 0.05) is 32.4 Å². The summed E-state index contributed by atoms with van der Waals surface area (Å²) >= 11 is 0. The molecule has 0 amide bonds. The molecule has 19 heavy (non-hydrogen) atoms. The third-order valence-electron chi connectivity index (χ3n) is 4.33. The number of rotatable bonds is 3. The molecule has 0 saturated heterocycles. The lowest BCUT2D eigenvalue weighted by Gasteiger charge is -2.36. The number of nitrogens with two attached hydrogens (primary N) is 1. The summed E-state index contributed by atoms with van der Waals surface area (Å²) in [4.78, 5) is 6.92. The summed E-state index contributed by atoms with van der Waals surface area (Å²) in [5.74, 6) is 1.81. The number of aryl methyl sites for hydroxylation is 2. The number of hydrogen-bond acceptors (Lipinski definition) is 3. The van der Waals surface area contributed by atoms with Crippen LogP contribution in [0.5, 0.6) is 0 Å². The van der Waals surface area contributed by atoms with Crippen LogP contribution in [0, 0.1) is 12.8 Å². The number of anilines is 1. The van der Waals surface area contributed by atoms with Crippen LogP contribution in [0.3, 0.4) is 0 Å². The van der Waals surface area contributed by atoms with Crippen LogP contribution in [0.4, 0.5) is 5.69 Å². The van der Waals surface area contributed by atoms with Gasteiger partial charge in [-0.2, -0.15) is 0 Å². The lowest BCUT2D eigenvalue weighted by molar-refractivity contribution is 0.271. The molecule has 0 radical (unpaired) electrons. The van der Waals surface area contributed by atoms with E-state index >= 15 is 0 Å². The maximum atomic E-state index is 5.85. The average molecular weight is 258 g/mol. The summed E-state index contributed by atoms with van der Waals surface area (Å²) < 4.78 is 2.13. The molecule has 1 aliphatic carbocycles. The molecule has 4 nitrogen and oxygen atoms in total. The highest BCUT2D eigenvalue weighted by Crippen LogP contribution is 2.28. The van der Waals surface area contributed by atoms with Gasteiger partial charge in [0.05, 0.1) is 11.0 Å². The molecule has 0 spiro atoms. The standard InChI is InChI=1S/C15H22N4/c1-10-17-14-8-13(4-5-15(14)19(10)3)18(2)9-11-6-12(16)7-11/h4-5,8,11-12H,6-7,9,16H2,1-3H3. The molecule has 102 valence electrons. The zero-order chi connectivity index (χ0) is 13.6. The lowest BCUT2D eigenvalue weighted by atomic mass is 9.80. The van der Waals surface area contributed by atoms with Crippen molar-refractivity contribution in [2.75, 3.05) is 18.5 Å². The van der Waals surface area contributed by atoms with Gasteiger partial charge in [0.25, 0.3) is 0 Å². The van der Waals surface area contributed by atoms with Crippen LogP contribution in [0.2, 0.25) is 0 Å². The van der Waals surface area contributed by atoms with Gasteiger partial charge in [-0.1, -0.05) is 0 Å². The van der Waals surface area contributed by atoms with Crippen molar-refractivity contribution in [1.29, 1.82) is 0 Å². The van der Waals surface area contributed by atoms with Crippen LogP contribution >= 0.6 is 0 Å². The van der Waals surface area contributed by atoms with E-state index < -0.39 is 0 Å². The molecule has 1 fully saturated rings. The molecule has 2 N–H and O–H groups in total. The van der Waals surface area contributed by atoms with Crippen LogP contribution in [0.25, 0.3) is 11.0 Å². The molecule has 0 atom stereocenters. The van der Waals surface area contributed by atoms with E-state index in [1.54, 1.807) is 0 Å². The zero-order valence-corrected chi connectivity index (χ0v) is 11.9. The third-order valence-corrected chi connectivity index (χ3v) is 4.33. The molecule has 2 aromatic rings. The molecular formula is C15H22N4. The minimum Gasteiger partial charge on any atom is -0.374 e. The highest BCUT2D eigenvalue weighted by molar-refractivity contribution is 5.80. The zero-order valence-electron chi connectivity index (χ0n) is 11.9. The van der Waals surface area contributed by atoms with Gasteiger partial charge in [0.2, 0.25) is 0 Å². The van der Waals surface area contributed by atoms with Gasteiger partial charge in [-0.15, -0.1) is 0 Å². The second-order valence-corrected chi connectivity index (χ2v) is 5.87. The fourth-order valence-corrected chi connectivity index (χ4v) is 2.98. The molecule has 1 aliphatic rings.